The number of carbonyl (C=O) groups excluding carboxylic acids is 2. The molecule has 2 aromatic carbocycles. The highest BCUT2D eigenvalue weighted by Crippen LogP contribution is 2.37. The maximum atomic E-state index is 12.8. The number of rotatable bonds is 6. The van der Waals surface area contributed by atoms with Crippen LogP contribution in [-0.2, 0) is 4.43 Å². The zero-order valence-electron chi connectivity index (χ0n) is 18.0. The molecule has 0 saturated carbocycles. The van der Waals surface area contributed by atoms with E-state index in [4.69, 9.17) is 18.6 Å². The van der Waals surface area contributed by atoms with Gasteiger partial charge < -0.3 is 18.6 Å². The Morgan fingerprint density at radius 2 is 1.41 bits per heavy atom. The van der Waals surface area contributed by atoms with E-state index in [9.17, 15) is 9.59 Å². The molecule has 0 aliphatic carbocycles. The number of carbonyl (C=O) groups is 2. The molecule has 0 saturated heterocycles. The monoisotopic (exact) mass is 416 g/mol. The summed E-state index contributed by atoms with van der Waals surface area (Å²) in [7, 11) is 0.667. The summed E-state index contributed by atoms with van der Waals surface area (Å²) in [5, 5.41) is -0.134. The minimum Gasteiger partial charge on any atom is -0.516 e. The van der Waals surface area contributed by atoms with Crippen LogP contribution in [0, 0.1) is 0 Å². The number of para-hydroxylation sites is 1. The average Bonchev–Trinajstić information content (AvgIpc) is 2.66. The summed E-state index contributed by atoms with van der Waals surface area (Å²) in [6.45, 7) is 10.1. The van der Waals surface area contributed by atoms with Gasteiger partial charge in [-0.3, -0.25) is 0 Å². The smallest absolute Gasteiger partial charge is 0.343 e. The van der Waals surface area contributed by atoms with Crippen LogP contribution in [0.25, 0.3) is 0 Å². The lowest BCUT2D eigenvalue weighted by Crippen LogP contribution is -2.42. The summed E-state index contributed by atoms with van der Waals surface area (Å²) in [5.41, 5.74) is 0.453. The second-order valence-corrected chi connectivity index (χ2v) is 12.9. The fourth-order valence-electron chi connectivity index (χ4n) is 2.25. The van der Waals surface area contributed by atoms with Gasteiger partial charge in [-0.25, -0.2) is 9.59 Å². The third kappa shape index (κ3) is 5.38. The first-order chi connectivity index (χ1) is 13.5. The van der Waals surface area contributed by atoms with Crippen LogP contribution in [-0.4, -0.2) is 34.5 Å². The fraction of sp³-hybridized carbons (Fsp3) is 0.364. The summed E-state index contributed by atoms with van der Waals surface area (Å²) in [5.74, 6) is -0.0650. The lowest BCUT2D eigenvalue weighted by Gasteiger charge is -2.35. The molecule has 0 radical (unpaired) electrons. The molecule has 156 valence electrons. The zero-order chi connectivity index (χ0) is 21.8. The van der Waals surface area contributed by atoms with Gasteiger partial charge in [0.15, 0.2) is 0 Å². The Morgan fingerprint density at radius 3 is 1.93 bits per heavy atom. The third-order valence-electron chi connectivity index (χ3n) is 5.05. The van der Waals surface area contributed by atoms with Gasteiger partial charge in [0.25, 0.3) is 8.32 Å². The second kappa shape index (κ2) is 8.69. The molecule has 0 bridgehead atoms. The number of hydrogen-bond acceptors (Lipinski definition) is 6. The van der Waals surface area contributed by atoms with E-state index in [1.807, 2.05) is 13.1 Å². The Balaban J connectivity index is 2.30. The van der Waals surface area contributed by atoms with Crippen LogP contribution in [0.3, 0.4) is 0 Å². The standard InChI is InChI=1S/C22H28O6Si/c1-22(2,3)29(6,7)28-21(24)18-10-8-9-11-19(18)27-20(23)15-12-16(25-4)14-17(13-15)26-5/h8-14H,1-7H3. The number of methoxy groups -OCH3 is 2. The van der Waals surface area contributed by atoms with Crippen molar-refractivity contribution >= 4 is 20.3 Å². The largest absolute Gasteiger partial charge is 0.516 e. The van der Waals surface area contributed by atoms with Gasteiger partial charge in [-0.1, -0.05) is 32.9 Å². The normalized spacial score (nSPS) is 11.6. The van der Waals surface area contributed by atoms with Crippen molar-refractivity contribution in [2.24, 2.45) is 0 Å². The number of hydrogen-bond donors (Lipinski definition) is 0. The number of esters is 1. The lowest BCUT2D eigenvalue weighted by atomic mass is 10.2. The van der Waals surface area contributed by atoms with Gasteiger partial charge in [-0.2, -0.15) is 0 Å². The van der Waals surface area contributed by atoms with Crippen molar-refractivity contribution in [1.29, 1.82) is 0 Å². The maximum Gasteiger partial charge on any atom is 0.343 e. The van der Waals surface area contributed by atoms with Gasteiger partial charge in [0.2, 0.25) is 0 Å². The van der Waals surface area contributed by atoms with E-state index in [-0.39, 0.29) is 21.9 Å². The molecule has 0 heterocycles. The molecule has 0 fully saturated rings. The van der Waals surface area contributed by atoms with Gasteiger partial charge in [0, 0.05) is 6.07 Å². The van der Waals surface area contributed by atoms with Crippen molar-refractivity contribution < 1.29 is 28.2 Å². The number of benzene rings is 2. The van der Waals surface area contributed by atoms with E-state index >= 15 is 0 Å². The summed E-state index contributed by atoms with van der Waals surface area (Å²) in [4.78, 5) is 25.5. The van der Waals surface area contributed by atoms with Gasteiger partial charge in [0.05, 0.1) is 19.8 Å². The zero-order valence-corrected chi connectivity index (χ0v) is 19.0. The van der Waals surface area contributed by atoms with Gasteiger partial charge >= 0.3 is 11.9 Å². The maximum absolute atomic E-state index is 12.8. The Labute approximate surface area is 172 Å². The molecule has 2 aromatic rings. The molecule has 0 N–H and O–H groups in total. The molecule has 2 rings (SSSR count). The van der Waals surface area contributed by atoms with E-state index in [1.54, 1.807) is 42.5 Å². The quantitative estimate of drug-likeness (QED) is 0.371. The van der Waals surface area contributed by atoms with Crippen LogP contribution in [0.4, 0.5) is 0 Å². The van der Waals surface area contributed by atoms with E-state index < -0.39 is 20.3 Å². The van der Waals surface area contributed by atoms with Crippen molar-refractivity contribution in [2.45, 2.75) is 38.9 Å². The second-order valence-electron chi connectivity index (χ2n) is 8.14. The predicted octanol–water partition coefficient (Wildman–Crippen LogP) is 5.09. The van der Waals surface area contributed by atoms with Crippen LogP contribution < -0.4 is 14.2 Å². The molecular weight excluding hydrogens is 388 g/mol. The van der Waals surface area contributed by atoms with E-state index in [2.05, 4.69) is 20.8 Å². The first kappa shape index (κ1) is 22.5. The van der Waals surface area contributed by atoms with Gasteiger partial charge in [-0.05, 0) is 42.4 Å². The minimum atomic E-state index is -2.33. The van der Waals surface area contributed by atoms with E-state index in [0.717, 1.165) is 0 Å². The van der Waals surface area contributed by atoms with Gasteiger partial charge in [-0.15, -0.1) is 0 Å². The first-order valence-electron chi connectivity index (χ1n) is 9.26. The molecule has 0 aliphatic heterocycles. The Kier molecular flexibility index (Phi) is 6.74. The highest BCUT2D eigenvalue weighted by Gasteiger charge is 2.41. The summed E-state index contributed by atoms with van der Waals surface area (Å²) in [6.07, 6.45) is 0. The Bertz CT molecular complexity index is 876. The first-order valence-corrected chi connectivity index (χ1v) is 12.2. The van der Waals surface area contributed by atoms with Crippen molar-refractivity contribution in [1.82, 2.24) is 0 Å². The molecule has 0 spiro atoms. The molecule has 7 heteroatoms. The van der Waals surface area contributed by atoms with Crippen LogP contribution in [0.15, 0.2) is 42.5 Å². The van der Waals surface area contributed by atoms with Gasteiger partial charge in [0.1, 0.15) is 22.8 Å². The average molecular weight is 417 g/mol. The SMILES string of the molecule is COc1cc(OC)cc(C(=O)Oc2ccccc2C(=O)O[Si](C)(C)C(C)(C)C)c1. The number of ether oxygens (including phenoxy) is 3. The predicted molar refractivity (Wildman–Crippen MR) is 114 cm³/mol. The highest BCUT2D eigenvalue weighted by atomic mass is 28.4. The Hall–Kier alpha value is -2.80. The van der Waals surface area contributed by atoms with Crippen molar-refractivity contribution in [3.63, 3.8) is 0 Å². The summed E-state index contributed by atoms with van der Waals surface area (Å²) >= 11 is 0. The fourth-order valence-corrected chi connectivity index (χ4v) is 3.13. The van der Waals surface area contributed by atoms with Crippen LogP contribution >= 0.6 is 0 Å². The summed E-state index contributed by atoms with van der Waals surface area (Å²) in [6, 6.07) is 11.3. The molecule has 29 heavy (non-hydrogen) atoms. The summed E-state index contributed by atoms with van der Waals surface area (Å²) < 4.78 is 21.8. The van der Waals surface area contributed by atoms with Crippen molar-refractivity contribution in [3.05, 3.63) is 53.6 Å². The van der Waals surface area contributed by atoms with Crippen molar-refractivity contribution in [2.75, 3.05) is 14.2 Å². The van der Waals surface area contributed by atoms with E-state index in [1.165, 1.54) is 14.2 Å². The minimum absolute atomic E-state index is 0.134. The Morgan fingerprint density at radius 1 is 0.862 bits per heavy atom. The molecular formula is C22H28O6Si. The van der Waals surface area contributed by atoms with Crippen molar-refractivity contribution in [3.8, 4) is 17.2 Å². The molecule has 0 aromatic heterocycles. The molecule has 0 amide bonds. The topological polar surface area (TPSA) is 71.1 Å². The lowest BCUT2D eigenvalue weighted by molar-refractivity contribution is 0.0693. The van der Waals surface area contributed by atoms with Crippen LogP contribution in [0.1, 0.15) is 41.5 Å². The van der Waals surface area contributed by atoms with Crippen LogP contribution in [0.5, 0.6) is 17.2 Å². The molecule has 0 unspecified atom stereocenters. The third-order valence-corrected chi connectivity index (χ3v) is 9.36. The van der Waals surface area contributed by atoms with E-state index in [0.29, 0.717) is 11.5 Å². The molecule has 0 aliphatic rings. The molecule has 0 atom stereocenters. The highest BCUT2D eigenvalue weighted by molar-refractivity contribution is 6.75. The van der Waals surface area contributed by atoms with Crippen LogP contribution in [0.2, 0.25) is 18.1 Å². The molecule has 6 nitrogen and oxygen atoms in total.